The van der Waals surface area contributed by atoms with Crippen molar-refractivity contribution in [3.8, 4) is 0 Å². The summed E-state index contributed by atoms with van der Waals surface area (Å²) in [6, 6.07) is 7.87. The second kappa shape index (κ2) is 6.17. The molecule has 0 spiro atoms. The zero-order valence-electron chi connectivity index (χ0n) is 10.4. The number of nitrogens with one attached hydrogen (secondary N) is 1. The van der Waals surface area contributed by atoms with Gasteiger partial charge in [-0.25, -0.2) is 0 Å². The molecule has 0 atom stereocenters. The molecule has 0 aliphatic carbocycles. The Morgan fingerprint density at radius 1 is 1.35 bits per heavy atom. The molecule has 0 aliphatic heterocycles. The van der Waals surface area contributed by atoms with Crippen molar-refractivity contribution < 1.29 is 9.53 Å². The van der Waals surface area contributed by atoms with Crippen LogP contribution in [0.25, 0.3) is 0 Å². The highest BCUT2D eigenvalue weighted by Gasteiger charge is 2.20. The van der Waals surface area contributed by atoms with Crippen molar-refractivity contribution in [1.82, 2.24) is 5.32 Å². The fraction of sp³-hybridized carbons (Fsp3) is 0.462. The summed E-state index contributed by atoms with van der Waals surface area (Å²) in [4.78, 5) is 11.7. The van der Waals surface area contributed by atoms with Gasteiger partial charge < -0.3 is 10.1 Å². The number of benzene rings is 1. The molecule has 1 aromatic carbocycles. The molecule has 1 aromatic rings. The first-order valence-corrected chi connectivity index (χ1v) is 6.28. The van der Waals surface area contributed by atoms with Gasteiger partial charge in [0, 0.05) is 18.1 Å². The molecule has 3 nitrogen and oxygen atoms in total. The first kappa shape index (κ1) is 14.2. The molecule has 4 heteroatoms. The van der Waals surface area contributed by atoms with E-state index in [0.29, 0.717) is 13.0 Å². The molecule has 0 radical (unpaired) electrons. The third-order valence-electron chi connectivity index (χ3n) is 2.54. The number of rotatable bonds is 5. The molecule has 0 saturated heterocycles. The van der Waals surface area contributed by atoms with E-state index in [-0.39, 0.29) is 5.91 Å². The van der Waals surface area contributed by atoms with Crippen molar-refractivity contribution in [2.24, 2.45) is 0 Å². The largest absolute Gasteiger partial charge is 0.378 e. The maximum atomic E-state index is 11.7. The highest BCUT2D eigenvalue weighted by atomic mass is 79.9. The van der Waals surface area contributed by atoms with Crippen LogP contribution in [0, 0.1) is 0 Å². The first-order valence-electron chi connectivity index (χ1n) is 5.49. The number of carbonyl (C=O) groups excluding carboxylic acids is 1. The van der Waals surface area contributed by atoms with Gasteiger partial charge in [0.05, 0.1) is 12.0 Å². The topological polar surface area (TPSA) is 38.3 Å². The number of hydrogen-bond donors (Lipinski definition) is 1. The maximum absolute atomic E-state index is 11.7. The van der Waals surface area contributed by atoms with E-state index in [4.69, 9.17) is 4.74 Å². The highest BCUT2D eigenvalue weighted by Crippen LogP contribution is 2.13. The van der Waals surface area contributed by atoms with Gasteiger partial charge in [0.2, 0.25) is 5.91 Å². The normalized spacial score (nSPS) is 11.3. The van der Waals surface area contributed by atoms with Gasteiger partial charge in [-0.1, -0.05) is 28.1 Å². The van der Waals surface area contributed by atoms with Crippen LogP contribution in [0.15, 0.2) is 28.7 Å². The van der Waals surface area contributed by atoms with Crippen molar-refractivity contribution in [2.45, 2.75) is 32.4 Å². The number of hydrogen-bond acceptors (Lipinski definition) is 2. The van der Waals surface area contributed by atoms with Crippen LogP contribution >= 0.6 is 15.9 Å². The SMILES string of the molecule is COC(C)(C)CC(=O)NCc1ccc(Br)cc1. The van der Waals surface area contributed by atoms with Gasteiger partial charge in [0.1, 0.15) is 0 Å². The second-order valence-electron chi connectivity index (χ2n) is 4.54. The standard InChI is InChI=1S/C13H18BrNO2/c1-13(2,17-3)8-12(16)15-9-10-4-6-11(14)7-5-10/h4-7H,8-9H2,1-3H3,(H,15,16). The Balaban J connectivity index is 2.41. The van der Waals surface area contributed by atoms with Crippen LogP contribution in [0.2, 0.25) is 0 Å². The van der Waals surface area contributed by atoms with Gasteiger partial charge in [0.15, 0.2) is 0 Å². The Kier molecular flexibility index (Phi) is 5.15. The van der Waals surface area contributed by atoms with Crippen LogP contribution < -0.4 is 5.32 Å². The summed E-state index contributed by atoms with van der Waals surface area (Å²) < 4.78 is 6.24. The molecule has 1 amide bonds. The van der Waals surface area contributed by atoms with E-state index in [1.165, 1.54) is 0 Å². The van der Waals surface area contributed by atoms with Crippen molar-refractivity contribution in [3.05, 3.63) is 34.3 Å². The summed E-state index contributed by atoms with van der Waals surface area (Å²) >= 11 is 3.37. The Hall–Kier alpha value is -0.870. The van der Waals surface area contributed by atoms with Crippen molar-refractivity contribution >= 4 is 21.8 Å². The van der Waals surface area contributed by atoms with E-state index >= 15 is 0 Å². The van der Waals surface area contributed by atoms with Crippen molar-refractivity contribution in [1.29, 1.82) is 0 Å². The summed E-state index contributed by atoms with van der Waals surface area (Å²) in [6.07, 6.45) is 0.361. The van der Waals surface area contributed by atoms with Crippen LogP contribution in [0.5, 0.6) is 0 Å². The summed E-state index contributed by atoms with van der Waals surface area (Å²) in [5.41, 5.74) is 0.667. The summed E-state index contributed by atoms with van der Waals surface area (Å²) in [5, 5.41) is 2.87. The van der Waals surface area contributed by atoms with Gasteiger partial charge in [-0.15, -0.1) is 0 Å². The van der Waals surface area contributed by atoms with E-state index in [1.54, 1.807) is 7.11 Å². The van der Waals surface area contributed by atoms with E-state index in [0.717, 1.165) is 10.0 Å². The Bertz CT molecular complexity index is 374. The van der Waals surface area contributed by atoms with Crippen LogP contribution in [0.3, 0.4) is 0 Å². The lowest BCUT2D eigenvalue weighted by molar-refractivity contribution is -0.126. The van der Waals surface area contributed by atoms with E-state index in [1.807, 2.05) is 38.1 Å². The Labute approximate surface area is 111 Å². The van der Waals surface area contributed by atoms with Gasteiger partial charge >= 0.3 is 0 Å². The van der Waals surface area contributed by atoms with Crippen LogP contribution in [0.4, 0.5) is 0 Å². The minimum absolute atomic E-state index is 0.000214. The van der Waals surface area contributed by atoms with E-state index in [9.17, 15) is 4.79 Å². The lowest BCUT2D eigenvalue weighted by Gasteiger charge is -2.21. The molecule has 0 bridgehead atoms. The molecule has 0 unspecified atom stereocenters. The predicted molar refractivity (Wildman–Crippen MR) is 71.7 cm³/mol. The molecular formula is C13H18BrNO2. The van der Waals surface area contributed by atoms with Crippen molar-refractivity contribution in [3.63, 3.8) is 0 Å². The average Bonchev–Trinajstić information content (AvgIpc) is 2.28. The van der Waals surface area contributed by atoms with Gasteiger partial charge in [-0.3, -0.25) is 4.79 Å². The number of methoxy groups -OCH3 is 1. The zero-order chi connectivity index (χ0) is 12.9. The predicted octanol–water partition coefficient (Wildman–Crippen LogP) is 2.88. The molecule has 0 aromatic heterocycles. The summed E-state index contributed by atoms with van der Waals surface area (Å²) in [5.74, 6) is -0.000214. The van der Waals surface area contributed by atoms with Gasteiger partial charge in [-0.05, 0) is 31.5 Å². The summed E-state index contributed by atoms with van der Waals surface area (Å²) in [7, 11) is 1.61. The number of ether oxygens (including phenoxy) is 1. The fourth-order valence-electron chi connectivity index (χ4n) is 1.32. The quantitative estimate of drug-likeness (QED) is 0.908. The molecule has 1 N–H and O–H groups in total. The maximum Gasteiger partial charge on any atom is 0.223 e. The summed E-state index contributed by atoms with van der Waals surface area (Å²) in [6.45, 7) is 4.34. The van der Waals surface area contributed by atoms with Crippen LogP contribution in [-0.4, -0.2) is 18.6 Å². The van der Waals surface area contributed by atoms with E-state index < -0.39 is 5.60 Å². The second-order valence-corrected chi connectivity index (χ2v) is 5.46. The minimum Gasteiger partial charge on any atom is -0.378 e. The lowest BCUT2D eigenvalue weighted by Crippen LogP contribution is -2.33. The highest BCUT2D eigenvalue weighted by molar-refractivity contribution is 9.10. The molecule has 0 fully saturated rings. The zero-order valence-corrected chi connectivity index (χ0v) is 12.0. The molecular weight excluding hydrogens is 282 g/mol. The molecule has 0 heterocycles. The Morgan fingerprint density at radius 3 is 2.47 bits per heavy atom. The third-order valence-corrected chi connectivity index (χ3v) is 3.07. The monoisotopic (exact) mass is 299 g/mol. The molecule has 17 heavy (non-hydrogen) atoms. The van der Waals surface area contributed by atoms with E-state index in [2.05, 4.69) is 21.2 Å². The molecule has 0 saturated carbocycles. The first-order chi connectivity index (χ1) is 7.93. The van der Waals surface area contributed by atoms with Crippen LogP contribution in [-0.2, 0) is 16.1 Å². The van der Waals surface area contributed by atoms with Crippen molar-refractivity contribution in [2.75, 3.05) is 7.11 Å². The van der Waals surface area contributed by atoms with Crippen LogP contribution in [0.1, 0.15) is 25.8 Å². The third kappa shape index (κ3) is 5.33. The lowest BCUT2D eigenvalue weighted by atomic mass is 10.0. The Morgan fingerprint density at radius 2 is 1.94 bits per heavy atom. The minimum atomic E-state index is -0.413. The molecule has 94 valence electrons. The number of carbonyl (C=O) groups is 1. The fourth-order valence-corrected chi connectivity index (χ4v) is 1.59. The van der Waals surface area contributed by atoms with Gasteiger partial charge in [-0.2, -0.15) is 0 Å². The number of amides is 1. The molecule has 0 aliphatic rings. The molecule has 1 rings (SSSR count). The smallest absolute Gasteiger partial charge is 0.223 e. The average molecular weight is 300 g/mol. The van der Waals surface area contributed by atoms with Gasteiger partial charge in [0.25, 0.3) is 0 Å². The number of halogens is 1.